The van der Waals surface area contributed by atoms with Gasteiger partial charge in [-0.25, -0.2) is 4.39 Å². The Bertz CT molecular complexity index is 720. The van der Waals surface area contributed by atoms with E-state index in [1.54, 1.807) is 19.2 Å². The van der Waals surface area contributed by atoms with Crippen molar-refractivity contribution in [1.82, 2.24) is 4.98 Å². The van der Waals surface area contributed by atoms with Gasteiger partial charge in [-0.1, -0.05) is 51.5 Å². The molecule has 28 heavy (non-hydrogen) atoms. The highest BCUT2D eigenvalue weighted by Crippen LogP contribution is 2.38. The van der Waals surface area contributed by atoms with Gasteiger partial charge in [-0.3, -0.25) is 4.98 Å². The summed E-state index contributed by atoms with van der Waals surface area (Å²) >= 11 is 0. The first-order chi connectivity index (χ1) is 13.7. The lowest BCUT2D eigenvalue weighted by Gasteiger charge is -2.28. The molecule has 2 nitrogen and oxygen atoms in total. The number of rotatable bonds is 9. The van der Waals surface area contributed by atoms with Crippen LogP contribution < -0.4 is 4.74 Å². The summed E-state index contributed by atoms with van der Waals surface area (Å²) in [6.07, 6.45) is 15.5. The molecular weight excluding hydrogens is 349 g/mol. The zero-order valence-corrected chi connectivity index (χ0v) is 17.4. The van der Waals surface area contributed by atoms with E-state index in [0.29, 0.717) is 22.9 Å². The van der Waals surface area contributed by atoms with Crippen LogP contribution in [0.15, 0.2) is 36.5 Å². The molecule has 0 radical (unpaired) electrons. The Hall–Kier alpha value is -1.90. The number of unbranched alkanes of at least 4 members (excludes halogenated alkanes) is 4. The van der Waals surface area contributed by atoms with Crippen LogP contribution in [0.2, 0.25) is 0 Å². The van der Waals surface area contributed by atoms with Crippen LogP contribution in [0.1, 0.15) is 82.6 Å². The van der Waals surface area contributed by atoms with E-state index in [1.807, 2.05) is 12.3 Å². The Labute approximate surface area is 169 Å². The summed E-state index contributed by atoms with van der Waals surface area (Å²) in [5.41, 5.74) is 2.52. The molecule has 1 aliphatic carbocycles. The van der Waals surface area contributed by atoms with Crippen molar-refractivity contribution < 1.29 is 9.13 Å². The van der Waals surface area contributed by atoms with E-state index in [0.717, 1.165) is 5.92 Å². The Balaban J connectivity index is 1.51. The van der Waals surface area contributed by atoms with Gasteiger partial charge in [0.1, 0.15) is 11.6 Å². The minimum absolute atomic E-state index is 0.293. The fourth-order valence-corrected chi connectivity index (χ4v) is 4.46. The molecule has 1 fully saturated rings. The number of halogens is 1. The summed E-state index contributed by atoms with van der Waals surface area (Å²) in [6.45, 7) is 2.27. The second-order valence-electron chi connectivity index (χ2n) is 8.24. The van der Waals surface area contributed by atoms with Gasteiger partial charge in [0.05, 0.1) is 12.8 Å². The molecule has 1 heterocycles. The summed E-state index contributed by atoms with van der Waals surface area (Å²) in [7, 11) is 1.54. The van der Waals surface area contributed by atoms with Crippen LogP contribution in [0.3, 0.4) is 0 Å². The van der Waals surface area contributed by atoms with Crippen molar-refractivity contribution in [3.63, 3.8) is 0 Å². The standard InChI is InChI=1S/C25H34FNO/c1-3-4-5-6-7-8-19-9-11-20(12-10-19)21-13-16-25(27-18-21)23-15-14-22(28-2)17-24(23)26/h13-20H,3-12H2,1-2H3/t19-,20-. The number of benzene rings is 1. The van der Waals surface area contributed by atoms with Crippen molar-refractivity contribution in [3.05, 3.63) is 47.9 Å². The van der Waals surface area contributed by atoms with E-state index < -0.39 is 0 Å². The van der Waals surface area contributed by atoms with Gasteiger partial charge in [0.15, 0.2) is 0 Å². The SMILES string of the molecule is CCCCCCC[C@H]1CC[C@H](c2ccc(-c3ccc(OC)cc3F)nc2)CC1. The highest BCUT2D eigenvalue weighted by Gasteiger charge is 2.22. The molecule has 3 rings (SSSR count). The third-order valence-electron chi connectivity index (χ3n) is 6.27. The number of methoxy groups -OCH3 is 1. The minimum Gasteiger partial charge on any atom is -0.497 e. The van der Waals surface area contributed by atoms with E-state index in [1.165, 1.54) is 75.8 Å². The van der Waals surface area contributed by atoms with Crippen LogP contribution in [0.4, 0.5) is 4.39 Å². The Kier molecular flexibility index (Phi) is 7.88. The van der Waals surface area contributed by atoms with Gasteiger partial charge in [0.25, 0.3) is 0 Å². The highest BCUT2D eigenvalue weighted by molar-refractivity contribution is 5.61. The van der Waals surface area contributed by atoms with Crippen molar-refractivity contribution in [2.24, 2.45) is 5.92 Å². The van der Waals surface area contributed by atoms with Crippen molar-refractivity contribution in [1.29, 1.82) is 0 Å². The molecule has 0 atom stereocenters. The third kappa shape index (κ3) is 5.56. The van der Waals surface area contributed by atoms with E-state index in [2.05, 4.69) is 18.0 Å². The van der Waals surface area contributed by atoms with E-state index in [9.17, 15) is 4.39 Å². The fourth-order valence-electron chi connectivity index (χ4n) is 4.46. The molecule has 0 aliphatic heterocycles. The normalized spacial score (nSPS) is 19.5. The van der Waals surface area contributed by atoms with E-state index in [-0.39, 0.29) is 5.82 Å². The smallest absolute Gasteiger partial charge is 0.136 e. The lowest BCUT2D eigenvalue weighted by Crippen LogP contribution is -2.13. The average Bonchev–Trinajstić information content (AvgIpc) is 2.74. The molecule has 0 amide bonds. The van der Waals surface area contributed by atoms with E-state index in [4.69, 9.17) is 4.74 Å². The predicted molar refractivity (Wildman–Crippen MR) is 114 cm³/mol. The van der Waals surface area contributed by atoms with Gasteiger partial charge in [-0.2, -0.15) is 0 Å². The van der Waals surface area contributed by atoms with Crippen molar-refractivity contribution in [2.75, 3.05) is 7.11 Å². The third-order valence-corrected chi connectivity index (χ3v) is 6.27. The lowest BCUT2D eigenvalue weighted by molar-refractivity contribution is 0.301. The molecule has 0 bridgehead atoms. The summed E-state index contributed by atoms with van der Waals surface area (Å²) in [4.78, 5) is 4.56. The van der Waals surface area contributed by atoms with Crippen molar-refractivity contribution >= 4 is 0 Å². The van der Waals surface area contributed by atoms with Gasteiger partial charge >= 0.3 is 0 Å². The summed E-state index contributed by atoms with van der Waals surface area (Å²) in [5, 5.41) is 0. The molecule has 1 aliphatic rings. The number of ether oxygens (including phenoxy) is 1. The van der Waals surface area contributed by atoms with Gasteiger partial charge in [0.2, 0.25) is 0 Å². The highest BCUT2D eigenvalue weighted by atomic mass is 19.1. The minimum atomic E-state index is -0.293. The first kappa shape index (κ1) is 20.8. The zero-order chi connectivity index (χ0) is 19.8. The molecule has 3 heteroatoms. The van der Waals surface area contributed by atoms with Gasteiger partial charge in [-0.05, 0) is 61.3 Å². The number of pyridine rings is 1. The van der Waals surface area contributed by atoms with Crippen LogP contribution in [0.5, 0.6) is 5.75 Å². The first-order valence-electron chi connectivity index (χ1n) is 11.0. The lowest BCUT2D eigenvalue weighted by atomic mass is 9.77. The molecule has 1 aromatic heterocycles. The maximum atomic E-state index is 14.3. The van der Waals surface area contributed by atoms with Gasteiger partial charge in [-0.15, -0.1) is 0 Å². The molecule has 0 N–H and O–H groups in total. The molecule has 0 spiro atoms. The zero-order valence-electron chi connectivity index (χ0n) is 17.4. The van der Waals surface area contributed by atoms with Crippen LogP contribution in [-0.2, 0) is 0 Å². The molecule has 1 aromatic carbocycles. The predicted octanol–water partition coefficient (Wildman–Crippen LogP) is 7.53. The van der Waals surface area contributed by atoms with Gasteiger partial charge in [0, 0.05) is 17.8 Å². The molecular formula is C25H34FNO. The van der Waals surface area contributed by atoms with Gasteiger partial charge < -0.3 is 4.74 Å². The maximum Gasteiger partial charge on any atom is 0.136 e. The van der Waals surface area contributed by atoms with Crippen LogP contribution in [0.25, 0.3) is 11.3 Å². The molecule has 0 unspecified atom stereocenters. The topological polar surface area (TPSA) is 22.1 Å². The van der Waals surface area contributed by atoms with Crippen molar-refractivity contribution in [3.8, 4) is 17.0 Å². The molecule has 152 valence electrons. The van der Waals surface area contributed by atoms with Crippen LogP contribution >= 0.6 is 0 Å². The summed E-state index contributed by atoms with van der Waals surface area (Å²) < 4.78 is 19.3. The van der Waals surface area contributed by atoms with Crippen LogP contribution in [0, 0.1) is 11.7 Å². The Morgan fingerprint density at radius 3 is 2.43 bits per heavy atom. The largest absolute Gasteiger partial charge is 0.497 e. The second kappa shape index (κ2) is 10.6. The Morgan fingerprint density at radius 2 is 1.79 bits per heavy atom. The van der Waals surface area contributed by atoms with E-state index >= 15 is 0 Å². The fraction of sp³-hybridized carbons (Fsp3) is 0.560. The average molecular weight is 384 g/mol. The number of nitrogens with zero attached hydrogens (tertiary/aromatic N) is 1. The van der Waals surface area contributed by atoms with Crippen molar-refractivity contribution in [2.45, 2.75) is 77.0 Å². The number of hydrogen-bond donors (Lipinski definition) is 0. The second-order valence-corrected chi connectivity index (χ2v) is 8.24. The molecule has 0 saturated heterocycles. The quantitative estimate of drug-likeness (QED) is 0.417. The van der Waals surface area contributed by atoms with Crippen LogP contribution in [-0.4, -0.2) is 12.1 Å². The first-order valence-corrected chi connectivity index (χ1v) is 11.0. The number of hydrogen-bond acceptors (Lipinski definition) is 2. The molecule has 1 saturated carbocycles. The maximum absolute atomic E-state index is 14.3. The summed E-state index contributed by atoms with van der Waals surface area (Å²) in [6, 6.07) is 9.02. The molecule has 2 aromatic rings. The Morgan fingerprint density at radius 1 is 1.00 bits per heavy atom. The summed E-state index contributed by atoms with van der Waals surface area (Å²) in [5.74, 6) is 1.76. The number of aromatic nitrogens is 1. The monoisotopic (exact) mass is 383 g/mol.